The van der Waals surface area contributed by atoms with Gasteiger partial charge in [-0.3, -0.25) is 9.59 Å². The summed E-state index contributed by atoms with van der Waals surface area (Å²) in [6, 6.07) is 22.0. The van der Waals surface area contributed by atoms with Crippen molar-refractivity contribution in [3.63, 3.8) is 0 Å². The Kier molecular flexibility index (Phi) is 6.00. The molecule has 6 heteroatoms. The predicted octanol–water partition coefficient (Wildman–Crippen LogP) is 4.56. The van der Waals surface area contributed by atoms with E-state index in [1.807, 2.05) is 53.4 Å². The van der Waals surface area contributed by atoms with Gasteiger partial charge in [-0.05, 0) is 66.1 Å². The summed E-state index contributed by atoms with van der Waals surface area (Å²) < 4.78 is 5.48. The zero-order valence-electron chi connectivity index (χ0n) is 16.3. The number of amides is 2. The van der Waals surface area contributed by atoms with Crippen molar-refractivity contribution in [3.8, 4) is 5.75 Å². The highest BCUT2D eigenvalue weighted by atomic mass is 35.5. The first-order chi connectivity index (χ1) is 14.6. The summed E-state index contributed by atoms with van der Waals surface area (Å²) in [6.07, 6.45) is 0.793. The van der Waals surface area contributed by atoms with Crippen LogP contribution in [0.5, 0.6) is 5.75 Å². The number of carbonyl (C=O) groups excluding carboxylic acids is 2. The number of rotatable bonds is 5. The maximum absolute atomic E-state index is 12.7. The van der Waals surface area contributed by atoms with Crippen LogP contribution in [-0.4, -0.2) is 29.9 Å². The molecule has 1 N–H and O–H groups in total. The Bertz CT molecular complexity index is 1050. The largest absolute Gasteiger partial charge is 0.484 e. The first kappa shape index (κ1) is 20.0. The SMILES string of the molecule is O=C(COc1ccc(Cl)cc1)Nc1ccc2c(c1)CN(C(=O)c1ccccc1)CC2. The van der Waals surface area contributed by atoms with Gasteiger partial charge in [0.15, 0.2) is 6.61 Å². The zero-order chi connectivity index (χ0) is 20.9. The summed E-state index contributed by atoms with van der Waals surface area (Å²) in [4.78, 5) is 26.8. The number of ether oxygens (including phenoxy) is 1. The summed E-state index contributed by atoms with van der Waals surface area (Å²) in [5.74, 6) is 0.347. The fourth-order valence-corrected chi connectivity index (χ4v) is 3.57. The first-order valence-electron chi connectivity index (χ1n) is 9.73. The molecule has 0 spiro atoms. The Hall–Kier alpha value is -3.31. The highest BCUT2D eigenvalue weighted by Crippen LogP contribution is 2.24. The van der Waals surface area contributed by atoms with E-state index < -0.39 is 0 Å². The van der Waals surface area contributed by atoms with Gasteiger partial charge in [0.25, 0.3) is 11.8 Å². The topological polar surface area (TPSA) is 58.6 Å². The van der Waals surface area contributed by atoms with Crippen LogP contribution in [0, 0.1) is 0 Å². The second-order valence-corrected chi connectivity index (χ2v) is 7.55. The maximum atomic E-state index is 12.7. The number of nitrogens with one attached hydrogen (secondary N) is 1. The molecule has 0 fully saturated rings. The number of halogens is 1. The Morgan fingerprint density at radius 1 is 0.967 bits per heavy atom. The number of benzene rings is 3. The van der Waals surface area contributed by atoms with Crippen LogP contribution in [0.25, 0.3) is 0 Å². The van der Waals surface area contributed by atoms with Gasteiger partial charge in [0.1, 0.15) is 5.75 Å². The van der Waals surface area contributed by atoms with Crippen LogP contribution in [0.4, 0.5) is 5.69 Å². The van der Waals surface area contributed by atoms with Crippen molar-refractivity contribution in [2.24, 2.45) is 0 Å². The Morgan fingerprint density at radius 2 is 1.73 bits per heavy atom. The molecule has 3 aromatic rings. The molecule has 0 radical (unpaired) electrons. The Balaban J connectivity index is 1.38. The molecule has 2 amide bonds. The highest BCUT2D eigenvalue weighted by molar-refractivity contribution is 6.30. The monoisotopic (exact) mass is 420 g/mol. The van der Waals surface area contributed by atoms with Crippen LogP contribution in [-0.2, 0) is 17.8 Å². The van der Waals surface area contributed by atoms with E-state index in [-0.39, 0.29) is 18.4 Å². The fourth-order valence-electron chi connectivity index (χ4n) is 3.45. The maximum Gasteiger partial charge on any atom is 0.262 e. The molecular weight excluding hydrogens is 400 g/mol. The summed E-state index contributed by atoms with van der Waals surface area (Å²) in [5.41, 5.74) is 3.61. The third kappa shape index (κ3) is 4.81. The molecule has 0 atom stereocenters. The minimum absolute atomic E-state index is 0.0204. The minimum Gasteiger partial charge on any atom is -0.484 e. The van der Waals surface area contributed by atoms with Gasteiger partial charge in [-0.15, -0.1) is 0 Å². The molecule has 1 heterocycles. The number of hydrogen-bond acceptors (Lipinski definition) is 3. The van der Waals surface area contributed by atoms with Gasteiger partial charge in [0.05, 0.1) is 0 Å². The molecular formula is C24H21ClN2O3. The van der Waals surface area contributed by atoms with Crippen LogP contribution in [0.2, 0.25) is 5.02 Å². The lowest BCUT2D eigenvalue weighted by molar-refractivity contribution is -0.118. The average Bonchev–Trinajstić information content (AvgIpc) is 2.78. The van der Waals surface area contributed by atoms with E-state index in [4.69, 9.17) is 16.3 Å². The molecule has 30 heavy (non-hydrogen) atoms. The number of fused-ring (bicyclic) bond motifs is 1. The van der Waals surface area contributed by atoms with Crippen molar-refractivity contribution in [1.29, 1.82) is 0 Å². The lowest BCUT2D eigenvalue weighted by atomic mass is 9.98. The quantitative estimate of drug-likeness (QED) is 0.658. The number of anilines is 1. The third-order valence-electron chi connectivity index (χ3n) is 4.99. The van der Waals surface area contributed by atoms with E-state index in [1.165, 1.54) is 5.56 Å². The molecule has 1 aliphatic rings. The molecule has 5 nitrogen and oxygen atoms in total. The van der Waals surface area contributed by atoms with Gasteiger partial charge >= 0.3 is 0 Å². The summed E-state index contributed by atoms with van der Waals surface area (Å²) in [7, 11) is 0. The van der Waals surface area contributed by atoms with Gasteiger partial charge in [-0.2, -0.15) is 0 Å². The fraction of sp³-hybridized carbons (Fsp3) is 0.167. The molecule has 4 rings (SSSR count). The second kappa shape index (κ2) is 9.01. The zero-order valence-corrected chi connectivity index (χ0v) is 17.1. The van der Waals surface area contributed by atoms with Crippen LogP contribution >= 0.6 is 11.6 Å². The average molecular weight is 421 g/mol. The number of carbonyl (C=O) groups is 2. The molecule has 0 saturated carbocycles. The van der Waals surface area contributed by atoms with Crippen LogP contribution in [0.1, 0.15) is 21.5 Å². The van der Waals surface area contributed by atoms with Crippen LogP contribution < -0.4 is 10.1 Å². The molecule has 152 valence electrons. The van der Waals surface area contributed by atoms with Crippen molar-refractivity contribution >= 4 is 29.1 Å². The van der Waals surface area contributed by atoms with Gasteiger partial charge in [-0.1, -0.05) is 35.9 Å². The molecule has 0 bridgehead atoms. The number of hydrogen-bond donors (Lipinski definition) is 1. The Morgan fingerprint density at radius 3 is 2.50 bits per heavy atom. The normalized spacial score (nSPS) is 12.8. The van der Waals surface area contributed by atoms with Gasteiger partial charge < -0.3 is 15.0 Å². The van der Waals surface area contributed by atoms with E-state index in [1.54, 1.807) is 24.3 Å². The standard InChI is InChI=1S/C24H21ClN2O3/c25-20-7-10-22(11-8-20)30-16-23(28)26-21-9-6-17-12-13-27(15-19(17)14-21)24(29)18-4-2-1-3-5-18/h1-11,14H,12-13,15-16H2,(H,26,28). The second-order valence-electron chi connectivity index (χ2n) is 7.12. The van der Waals surface area contributed by atoms with Gasteiger partial charge in [-0.25, -0.2) is 0 Å². The van der Waals surface area contributed by atoms with E-state index in [0.29, 0.717) is 35.1 Å². The van der Waals surface area contributed by atoms with E-state index >= 15 is 0 Å². The summed E-state index contributed by atoms with van der Waals surface area (Å²) >= 11 is 5.84. The number of nitrogens with zero attached hydrogens (tertiary/aromatic N) is 1. The molecule has 0 saturated heterocycles. The van der Waals surface area contributed by atoms with E-state index in [9.17, 15) is 9.59 Å². The van der Waals surface area contributed by atoms with Crippen molar-refractivity contribution in [3.05, 3.63) is 94.5 Å². The lowest BCUT2D eigenvalue weighted by Crippen LogP contribution is -2.36. The molecule has 0 unspecified atom stereocenters. The third-order valence-corrected chi connectivity index (χ3v) is 5.25. The molecule has 0 aliphatic carbocycles. The smallest absolute Gasteiger partial charge is 0.262 e. The molecule has 1 aliphatic heterocycles. The van der Waals surface area contributed by atoms with Crippen molar-refractivity contribution in [2.45, 2.75) is 13.0 Å². The summed E-state index contributed by atoms with van der Waals surface area (Å²) in [6.45, 7) is 1.10. The molecule has 3 aromatic carbocycles. The van der Waals surface area contributed by atoms with Gasteiger partial charge in [0.2, 0.25) is 0 Å². The van der Waals surface area contributed by atoms with Crippen molar-refractivity contribution in [1.82, 2.24) is 4.90 Å². The predicted molar refractivity (Wildman–Crippen MR) is 117 cm³/mol. The summed E-state index contributed by atoms with van der Waals surface area (Å²) in [5, 5.41) is 3.47. The highest BCUT2D eigenvalue weighted by Gasteiger charge is 2.22. The minimum atomic E-state index is -0.252. The lowest BCUT2D eigenvalue weighted by Gasteiger charge is -2.29. The van der Waals surface area contributed by atoms with E-state index in [0.717, 1.165) is 12.0 Å². The van der Waals surface area contributed by atoms with Crippen LogP contribution in [0.15, 0.2) is 72.8 Å². The molecule has 0 aromatic heterocycles. The van der Waals surface area contributed by atoms with Crippen molar-refractivity contribution in [2.75, 3.05) is 18.5 Å². The van der Waals surface area contributed by atoms with Gasteiger partial charge in [0, 0.05) is 29.4 Å². The van der Waals surface area contributed by atoms with Crippen LogP contribution in [0.3, 0.4) is 0 Å². The van der Waals surface area contributed by atoms with E-state index in [2.05, 4.69) is 5.32 Å². The van der Waals surface area contributed by atoms with Crippen molar-refractivity contribution < 1.29 is 14.3 Å². The first-order valence-corrected chi connectivity index (χ1v) is 10.1. The Labute approximate surface area is 180 Å².